The molecule has 0 aromatic carbocycles. The van der Waals surface area contributed by atoms with Gasteiger partial charge in [0.25, 0.3) is 0 Å². The number of rotatable bonds is 1. The van der Waals surface area contributed by atoms with Crippen molar-refractivity contribution in [2.75, 3.05) is 26.2 Å². The summed E-state index contributed by atoms with van der Waals surface area (Å²) in [5, 5.41) is 12.6. The van der Waals surface area contributed by atoms with E-state index in [1.807, 2.05) is 11.8 Å². The fourth-order valence-corrected chi connectivity index (χ4v) is 2.05. The van der Waals surface area contributed by atoms with Crippen LogP contribution in [-0.4, -0.2) is 48.2 Å². The number of amides is 1. The van der Waals surface area contributed by atoms with Gasteiger partial charge in [0.2, 0.25) is 5.91 Å². The van der Waals surface area contributed by atoms with Crippen LogP contribution >= 0.6 is 0 Å². The summed E-state index contributed by atoms with van der Waals surface area (Å²) in [5.74, 6) is 0.681. The number of carbonyl (C=O) groups is 1. The maximum absolute atomic E-state index is 11.8. The molecule has 2 fully saturated rings. The SMILES string of the molecule is C[C@@H]1CN(C(=O)C2CNC2)CC[C@H]1O. The van der Waals surface area contributed by atoms with E-state index in [1.165, 1.54) is 0 Å². The summed E-state index contributed by atoms with van der Waals surface area (Å²) in [6.07, 6.45) is 0.506. The molecule has 1 amide bonds. The van der Waals surface area contributed by atoms with Crippen molar-refractivity contribution in [1.29, 1.82) is 0 Å². The van der Waals surface area contributed by atoms with Crippen molar-refractivity contribution in [3.63, 3.8) is 0 Å². The Hall–Kier alpha value is -0.610. The first-order chi connectivity index (χ1) is 6.68. The predicted molar refractivity (Wildman–Crippen MR) is 52.7 cm³/mol. The van der Waals surface area contributed by atoms with E-state index in [9.17, 15) is 9.90 Å². The van der Waals surface area contributed by atoms with Gasteiger partial charge in [0, 0.05) is 26.2 Å². The predicted octanol–water partition coefficient (Wildman–Crippen LogP) is -0.565. The number of piperidine rings is 1. The van der Waals surface area contributed by atoms with Crippen LogP contribution in [0.3, 0.4) is 0 Å². The largest absolute Gasteiger partial charge is 0.393 e. The van der Waals surface area contributed by atoms with Gasteiger partial charge in [-0.1, -0.05) is 6.92 Å². The number of aliphatic hydroxyl groups excluding tert-OH is 1. The van der Waals surface area contributed by atoms with E-state index < -0.39 is 0 Å². The van der Waals surface area contributed by atoms with Gasteiger partial charge in [0.05, 0.1) is 12.0 Å². The minimum absolute atomic E-state index is 0.192. The van der Waals surface area contributed by atoms with Gasteiger partial charge in [-0.3, -0.25) is 4.79 Å². The molecule has 2 saturated heterocycles. The van der Waals surface area contributed by atoms with Crippen molar-refractivity contribution >= 4 is 5.91 Å². The highest BCUT2D eigenvalue weighted by molar-refractivity contribution is 5.80. The maximum atomic E-state index is 11.8. The van der Waals surface area contributed by atoms with Gasteiger partial charge >= 0.3 is 0 Å². The summed E-state index contributed by atoms with van der Waals surface area (Å²) in [7, 11) is 0. The standard InChI is InChI=1S/C10H18N2O2/c1-7-6-12(3-2-9(7)13)10(14)8-4-11-5-8/h7-9,11,13H,2-6H2,1H3/t7-,9-/m1/s1. The van der Waals surface area contributed by atoms with Gasteiger partial charge in [0.1, 0.15) is 0 Å². The molecule has 4 heteroatoms. The lowest BCUT2D eigenvalue weighted by molar-refractivity contribution is -0.140. The van der Waals surface area contributed by atoms with Gasteiger partial charge in [-0.2, -0.15) is 0 Å². The number of likely N-dealkylation sites (tertiary alicyclic amines) is 1. The van der Waals surface area contributed by atoms with Crippen LogP contribution in [0.15, 0.2) is 0 Å². The highest BCUT2D eigenvalue weighted by Gasteiger charge is 2.33. The molecule has 2 rings (SSSR count). The second-order valence-corrected chi connectivity index (χ2v) is 4.47. The van der Waals surface area contributed by atoms with Gasteiger partial charge in [-0.05, 0) is 12.3 Å². The molecular formula is C10H18N2O2. The minimum atomic E-state index is -0.224. The molecule has 2 heterocycles. The molecule has 0 bridgehead atoms. The highest BCUT2D eigenvalue weighted by Crippen LogP contribution is 2.19. The quantitative estimate of drug-likeness (QED) is 0.593. The van der Waals surface area contributed by atoms with Crippen LogP contribution in [0.1, 0.15) is 13.3 Å². The number of hydrogen-bond donors (Lipinski definition) is 2. The lowest BCUT2D eigenvalue weighted by Gasteiger charge is -2.38. The van der Waals surface area contributed by atoms with Crippen molar-refractivity contribution in [3.8, 4) is 0 Å². The fourth-order valence-electron chi connectivity index (χ4n) is 2.05. The first-order valence-corrected chi connectivity index (χ1v) is 5.36. The lowest BCUT2D eigenvalue weighted by atomic mass is 9.94. The zero-order valence-corrected chi connectivity index (χ0v) is 8.57. The molecule has 0 saturated carbocycles. The molecule has 2 aliphatic heterocycles. The molecule has 0 aliphatic carbocycles. The van der Waals surface area contributed by atoms with E-state index in [-0.39, 0.29) is 23.8 Å². The number of nitrogens with zero attached hydrogens (tertiary/aromatic N) is 1. The van der Waals surface area contributed by atoms with Crippen LogP contribution in [0.4, 0.5) is 0 Å². The van der Waals surface area contributed by atoms with Gasteiger partial charge in [-0.15, -0.1) is 0 Å². The van der Waals surface area contributed by atoms with Crippen molar-refractivity contribution in [2.24, 2.45) is 11.8 Å². The van der Waals surface area contributed by atoms with E-state index in [0.29, 0.717) is 0 Å². The Morgan fingerprint density at radius 3 is 2.71 bits per heavy atom. The van der Waals surface area contributed by atoms with E-state index >= 15 is 0 Å². The third-order valence-electron chi connectivity index (χ3n) is 3.30. The van der Waals surface area contributed by atoms with Crippen molar-refractivity contribution < 1.29 is 9.90 Å². The number of nitrogens with one attached hydrogen (secondary N) is 1. The smallest absolute Gasteiger partial charge is 0.228 e. The summed E-state index contributed by atoms with van der Waals surface area (Å²) in [5.41, 5.74) is 0. The Bertz CT molecular complexity index is 228. The number of carbonyl (C=O) groups excluding carboxylic acids is 1. The summed E-state index contributed by atoms with van der Waals surface area (Å²) < 4.78 is 0. The molecular weight excluding hydrogens is 180 g/mol. The third kappa shape index (κ3) is 1.77. The van der Waals surface area contributed by atoms with Crippen molar-refractivity contribution in [1.82, 2.24) is 10.2 Å². The molecule has 0 unspecified atom stereocenters. The van der Waals surface area contributed by atoms with E-state index in [1.54, 1.807) is 0 Å². The average molecular weight is 198 g/mol. The molecule has 80 valence electrons. The van der Waals surface area contributed by atoms with Gasteiger partial charge in [0.15, 0.2) is 0 Å². The summed E-state index contributed by atoms with van der Waals surface area (Å²) in [6.45, 7) is 5.10. The Labute approximate surface area is 84.3 Å². The molecule has 0 aromatic heterocycles. The molecule has 0 aromatic rings. The summed E-state index contributed by atoms with van der Waals surface area (Å²) in [4.78, 5) is 13.7. The highest BCUT2D eigenvalue weighted by atomic mass is 16.3. The number of hydrogen-bond acceptors (Lipinski definition) is 3. The average Bonchev–Trinajstić information content (AvgIpc) is 2.06. The molecule has 0 spiro atoms. The fraction of sp³-hybridized carbons (Fsp3) is 0.900. The zero-order valence-electron chi connectivity index (χ0n) is 8.57. The Morgan fingerprint density at radius 1 is 1.50 bits per heavy atom. The van der Waals surface area contributed by atoms with E-state index in [4.69, 9.17) is 0 Å². The topological polar surface area (TPSA) is 52.6 Å². The van der Waals surface area contributed by atoms with Crippen LogP contribution in [-0.2, 0) is 4.79 Å². The molecule has 2 N–H and O–H groups in total. The Morgan fingerprint density at radius 2 is 2.21 bits per heavy atom. The summed E-state index contributed by atoms with van der Waals surface area (Å²) in [6, 6.07) is 0. The first-order valence-electron chi connectivity index (χ1n) is 5.36. The number of aliphatic hydroxyl groups is 1. The molecule has 0 radical (unpaired) electrons. The van der Waals surface area contributed by atoms with Crippen LogP contribution in [0.25, 0.3) is 0 Å². The van der Waals surface area contributed by atoms with Crippen LogP contribution in [0.5, 0.6) is 0 Å². The Kier molecular flexibility index (Phi) is 2.74. The van der Waals surface area contributed by atoms with Crippen molar-refractivity contribution in [3.05, 3.63) is 0 Å². The van der Waals surface area contributed by atoms with Crippen molar-refractivity contribution in [2.45, 2.75) is 19.4 Å². The van der Waals surface area contributed by atoms with Gasteiger partial charge < -0.3 is 15.3 Å². The molecule has 4 nitrogen and oxygen atoms in total. The second-order valence-electron chi connectivity index (χ2n) is 4.47. The normalized spacial score (nSPS) is 34.0. The maximum Gasteiger partial charge on any atom is 0.228 e. The van der Waals surface area contributed by atoms with Crippen LogP contribution in [0.2, 0.25) is 0 Å². The molecule has 2 aliphatic rings. The minimum Gasteiger partial charge on any atom is -0.393 e. The molecule has 14 heavy (non-hydrogen) atoms. The van der Waals surface area contributed by atoms with E-state index in [0.717, 1.165) is 32.6 Å². The zero-order chi connectivity index (χ0) is 10.1. The first kappa shape index (κ1) is 9.93. The summed E-state index contributed by atoms with van der Waals surface area (Å²) >= 11 is 0. The second kappa shape index (κ2) is 3.87. The van der Waals surface area contributed by atoms with Crippen LogP contribution < -0.4 is 5.32 Å². The lowest BCUT2D eigenvalue weighted by Crippen LogP contribution is -2.55. The monoisotopic (exact) mass is 198 g/mol. The van der Waals surface area contributed by atoms with Gasteiger partial charge in [-0.25, -0.2) is 0 Å². The Balaban J connectivity index is 1.88. The third-order valence-corrected chi connectivity index (χ3v) is 3.30. The van der Waals surface area contributed by atoms with Crippen LogP contribution in [0, 0.1) is 11.8 Å². The molecule has 2 atom stereocenters. The van der Waals surface area contributed by atoms with E-state index in [2.05, 4.69) is 5.32 Å².